The van der Waals surface area contributed by atoms with E-state index in [1.807, 2.05) is 12.1 Å². The summed E-state index contributed by atoms with van der Waals surface area (Å²) in [5.74, 6) is 2.06. The summed E-state index contributed by atoms with van der Waals surface area (Å²) < 4.78 is 0. The van der Waals surface area contributed by atoms with Gasteiger partial charge in [-0.05, 0) is 48.4 Å². The monoisotopic (exact) mass is 281 g/mol. The van der Waals surface area contributed by atoms with E-state index in [1.165, 1.54) is 18.4 Å². The summed E-state index contributed by atoms with van der Waals surface area (Å²) in [6, 6.07) is 8.35. The average Bonchev–Trinajstić information content (AvgIpc) is 2.34. The van der Waals surface area contributed by atoms with Gasteiger partial charge in [0.05, 0.1) is 0 Å². The minimum atomic E-state index is 0.596. The SMILES string of the molecule is CC(C)CCC(CNCC(C)C)c1ccc(Cl)cc1. The maximum Gasteiger partial charge on any atom is 0.0406 e. The molecule has 2 heteroatoms. The molecule has 0 aliphatic heterocycles. The molecule has 1 N–H and O–H groups in total. The molecule has 0 spiro atoms. The van der Waals surface area contributed by atoms with E-state index >= 15 is 0 Å². The first-order valence-electron chi connectivity index (χ1n) is 7.45. The molecule has 1 atom stereocenters. The Labute approximate surface area is 123 Å². The fourth-order valence-electron chi connectivity index (χ4n) is 2.20. The Morgan fingerprint density at radius 3 is 2.05 bits per heavy atom. The molecule has 19 heavy (non-hydrogen) atoms. The van der Waals surface area contributed by atoms with Crippen LogP contribution < -0.4 is 5.32 Å². The maximum absolute atomic E-state index is 5.97. The van der Waals surface area contributed by atoms with Crippen molar-refractivity contribution in [1.29, 1.82) is 0 Å². The van der Waals surface area contributed by atoms with Crippen molar-refractivity contribution in [1.82, 2.24) is 5.32 Å². The zero-order chi connectivity index (χ0) is 14.3. The Morgan fingerprint density at radius 2 is 1.53 bits per heavy atom. The number of hydrogen-bond donors (Lipinski definition) is 1. The van der Waals surface area contributed by atoms with Crippen LogP contribution in [0.2, 0.25) is 5.02 Å². The summed E-state index contributed by atoms with van der Waals surface area (Å²) in [4.78, 5) is 0. The number of nitrogens with one attached hydrogen (secondary N) is 1. The molecule has 0 radical (unpaired) electrons. The van der Waals surface area contributed by atoms with Gasteiger partial charge >= 0.3 is 0 Å². The molecule has 0 bridgehead atoms. The van der Waals surface area contributed by atoms with Gasteiger partial charge in [-0.3, -0.25) is 0 Å². The highest BCUT2D eigenvalue weighted by molar-refractivity contribution is 6.30. The molecule has 0 saturated carbocycles. The molecule has 0 heterocycles. The zero-order valence-electron chi connectivity index (χ0n) is 12.7. The minimum absolute atomic E-state index is 0.596. The van der Waals surface area contributed by atoms with E-state index in [2.05, 4.69) is 45.1 Å². The van der Waals surface area contributed by atoms with Gasteiger partial charge in [-0.2, -0.15) is 0 Å². The topological polar surface area (TPSA) is 12.0 Å². The van der Waals surface area contributed by atoms with Gasteiger partial charge in [-0.15, -0.1) is 0 Å². The first kappa shape index (κ1) is 16.5. The van der Waals surface area contributed by atoms with Crippen LogP contribution in [0.3, 0.4) is 0 Å². The Balaban J connectivity index is 2.59. The van der Waals surface area contributed by atoms with Crippen molar-refractivity contribution in [3.8, 4) is 0 Å². The van der Waals surface area contributed by atoms with Crippen molar-refractivity contribution in [3.63, 3.8) is 0 Å². The first-order valence-corrected chi connectivity index (χ1v) is 7.83. The highest BCUT2D eigenvalue weighted by Crippen LogP contribution is 2.24. The molecule has 1 aromatic carbocycles. The molecular weight excluding hydrogens is 254 g/mol. The van der Waals surface area contributed by atoms with E-state index in [0.29, 0.717) is 11.8 Å². The number of hydrogen-bond acceptors (Lipinski definition) is 1. The summed E-state index contributed by atoms with van der Waals surface area (Å²) in [7, 11) is 0. The molecule has 0 aromatic heterocycles. The van der Waals surface area contributed by atoms with E-state index in [-0.39, 0.29) is 0 Å². The van der Waals surface area contributed by atoms with Gasteiger partial charge < -0.3 is 5.32 Å². The van der Waals surface area contributed by atoms with Crippen molar-refractivity contribution in [3.05, 3.63) is 34.9 Å². The number of rotatable bonds is 8. The summed E-state index contributed by atoms with van der Waals surface area (Å²) in [5.41, 5.74) is 1.40. The fourth-order valence-corrected chi connectivity index (χ4v) is 2.33. The third-order valence-corrected chi connectivity index (χ3v) is 3.63. The predicted molar refractivity (Wildman–Crippen MR) is 86.0 cm³/mol. The van der Waals surface area contributed by atoms with Crippen molar-refractivity contribution >= 4 is 11.6 Å². The van der Waals surface area contributed by atoms with E-state index in [9.17, 15) is 0 Å². The van der Waals surface area contributed by atoms with Crippen molar-refractivity contribution in [2.24, 2.45) is 11.8 Å². The van der Waals surface area contributed by atoms with Gasteiger partial charge in [-0.1, -0.05) is 57.8 Å². The van der Waals surface area contributed by atoms with Gasteiger partial charge in [0.15, 0.2) is 0 Å². The second-order valence-electron chi connectivity index (χ2n) is 6.27. The van der Waals surface area contributed by atoms with Crippen LogP contribution in [0, 0.1) is 11.8 Å². The largest absolute Gasteiger partial charge is 0.316 e. The predicted octanol–water partition coefficient (Wildman–Crippen LogP) is 5.11. The summed E-state index contributed by atoms with van der Waals surface area (Å²) in [6.07, 6.45) is 2.51. The fraction of sp³-hybridized carbons (Fsp3) is 0.647. The summed E-state index contributed by atoms with van der Waals surface area (Å²) in [6.45, 7) is 11.2. The molecule has 0 fully saturated rings. The second-order valence-corrected chi connectivity index (χ2v) is 6.71. The average molecular weight is 282 g/mol. The maximum atomic E-state index is 5.97. The van der Waals surface area contributed by atoms with E-state index in [0.717, 1.165) is 24.0 Å². The minimum Gasteiger partial charge on any atom is -0.316 e. The lowest BCUT2D eigenvalue weighted by molar-refractivity contribution is 0.459. The molecule has 1 nitrogen and oxygen atoms in total. The van der Waals surface area contributed by atoms with E-state index < -0.39 is 0 Å². The molecule has 0 amide bonds. The highest BCUT2D eigenvalue weighted by Gasteiger charge is 2.12. The standard InChI is InChI=1S/C17H28ClN/c1-13(2)5-6-16(12-19-11-14(3)4)15-7-9-17(18)10-8-15/h7-10,13-14,16,19H,5-6,11-12H2,1-4H3. The van der Waals surface area contributed by atoms with Crippen LogP contribution in [0.1, 0.15) is 52.0 Å². The summed E-state index contributed by atoms with van der Waals surface area (Å²) >= 11 is 5.97. The van der Waals surface area contributed by atoms with Gasteiger partial charge in [0.25, 0.3) is 0 Å². The number of benzene rings is 1. The zero-order valence-corrected chi connectivity index (χ0v) is 13.5. The van der Waals surface area contributed by atoms with Crippen LogP contribution >= 0.6 is 11.6 Å². The number of halogens is 1. The van der Waals surface area contributed by atoms with Crippen LogP contribution in [-0.4, -0.2) is 13.1 Å². The van der Waals surface area contributed by atoms with Crippen LogP contribution in [-0.2, 0) is 0 Å². The smallest absolute Gasteiger partial charge is 0.0406 e. The molecule has 1 unspecified atom stereocenters. The quantitative estimate of drug-likeness (QED) is 0.698. The third-order valence-electron chi connectivity index (χ3n) is 3.38. The van der Waals surface area contributed by atoms with Gasteiger partial charge in [0, 0.05) is 11.6 Å². The molecule has 0 aliphatic rings. The Morgan fingerprint density at radius 1 is 0.895 bits per heavy atom. The van der Waals surface area contributed by atoms with Gasteiger partial charge in [-0.25, -0.2) is 0 Å². The lowest BCUT2D eigenvalue weighted by atomic mass is 9.91. The summed E-state index contributed by atoms with van der Waals surface area (Å²) in [5, 5.41) is 4.41. The normalized spacial score (nSPS) is 13.2. The van der Waals surface area contributed by atoms with Crippen LogP contribution in [0.15, 0.2) is 24.3 Å². The lowest BCUT2D eigenvalue weighted by Gasteiger charge is -2.20. The van der Waals surface area contributed by atoms with Crippen LogP contribution in [0.4, 0.5) is 0 Å². The van der Waals surface area contributed by atoms with E-state index in [4.69, 9.17) is 11.6 Å². The molecule has 1 aromatic rings. The van der Waals surface area contributed by atoms with Gasteiger partial charge in [0.2, 0.25) is 0 Å². The molecule has 1 rings (SSSR count). The lowest BCUT2D eigenvalue weighted by Crippen LogP contribution is -2.25. The Kier molecular flexibility index (Phi) is 7.48. The highest BCUT2D eigenvalue weighted by atomic mass is 35.5. The van der Waals surface area contributed by atoms with Crippen molar-refractivity contribution < 1.29 is 0 Å². The van der Waals surface area contributed by atoms with Crippen molar-refractivity contribution in [2.75, 3.05) is 13.1 Å². The Hall–Kier alpha value is -0.530. The second kappa shape index (κ2) is 8.60. The molecule has 0 aliphatic carbocycles. The molecule has 108 valence electrons. The van der Waals surface area contributed by atoms with Gasteiger partial charge in [0.1, 0.15) is 0 Å². The van der Waals surface area contributed by atoms with E-state index in [1.54, 1.807) is 0 Å². The van der Waals surface area contributed by atoms with Crippen molar-refractivity contribution in [2.45, 2.75) is 46.5 Å². The molecular formula is C17H28ClN. The Bertz CT molecular complexity index is 343. The first-order chi connectivity index (χ1) is 8.99. The molecule has 0 saturated heterocycles. The van der Waals surface area contributed by atoms with Crippen LogP contribution in [0.5, 0.6) is 0 Å². The third kappa shape index (κ3) is 6.98. The van der Waals surface area contributed by atoms with Crippen LogP contribution in [0.25, 0.3) is 0 Å².